The summed E-state index contributed by atoms with van der Waals surface area (Å²) in [6.45, 7) is 1.54. The largest absolute Gasteiger partial charge is 0.496 e. The number of hydrogen-bond acceptors (Lipinski definition) is 5. The second kappa shape index (κ2) is 4.62. The summed E-state index contributed by atoms with van der Waals surface area (Å²) in [6, 6.07) is 3.25. The summed E-state index contributed by atoms with van der Waals surface area (Å²) in [5.41, 5.74) is 0.915. The van der Waals surface area contributed by atoms with Crippen LogP contribution in [0.25, 0.3) is 0 Å². The van der Waals surface area contributed by atoms with Crippen molar-refractivity contribution in [2.75, 3.05) is 20.4 Å². The number of ether oxygens (including phenoxy) is 3. The molecule has 0 unspecified atom stereocenters. The molecule has 0 bridgehead atoms. The van der Waals surface area contributed by atoms with Crippen LogP contribution in [0, 0.1) is 0 Å². The van der Waals surface area contributed by atoms with Crippen LogP contribution in [0.5, 0.6) is 17.2 Å². The molecule has 6 heteroatoms. The number of nitrogens with zero attached hydrogens (tertiary/aromatic N) is 1. The minimum absolute atomic E-state index is 0.212. The molecule has 1 saturated heterocycles. The van der Waals surface area contributed by atoms with Crippen molar-refractivity contribution in [2.24, 2.45) is 0 Å². The minimum atomic E-state index is -0.772. The van der Waals surface area contributed by atoms with Gasteiger partial charge in [0.1, 0.15) is 11.8 Å². The molecule has 2 aliphatic rings. The van der Waals surface area contributed by atoms with E-state index in [0.29, 0.717) is 30.2 Å². The molecule has 0 amide bonds. The van der Waals surface area contributed by atoms with Gasteiger partial charge in [0, 0.05) is 24.7 Å². The third-order valence-electron chi connectivity index (χ3n) is 3.56. The molecule has 1 aromatic rings. The molecule has 6 nitrogen and oxygen atoms in total. The molecule has 0 radical (unpaired) electrons. The van der Waals surface area contributed by atoms with Crippen molar-refractivity contribution in [1.29, 1.82) is 0 Å². The zero-order chi connectivity index (χ0) is 13.4. The van der Waals surface area contributed by atoms with Gasteiger partial charge in [-0.3, -0.25) is 9.69 Å². The fraction of sp³-hybridized carbons (Fsp3) is 0.462. The first-order valence-corrected chi connectivity index (χ1v) is 6.12. The first kappa shape index (κ1) is 12.1. The van der Waals surface area contributed by atoms with E-state index in [1.165, 1.54) is 0 Å². The van der Waals surface area contributed by atoms with Crippen molar-refractivity contribution in [3.8, 4) is 17.2 Å². The highest BCUT2D eigenvalue weighted by Crippen LogP contribution is 2.39. The monoisotopic (exact) mass is 265 g/mol. The summed E-state index contributed by atoms with van der Waals surface area (Å²) in [5, 5.41) is 9.05. The van der Waals surface area contributed by atoms with Crippen LogP contribution in [0.2, 0.25) is 0 Å². The molecule has 1 atom stereocenters. The van der Waals surface area contributed by atoms with Gasteiger partial charge in [-0.1, -0.05) is 0 Å². The predicted molar refractivity (Wildman–Crippen MR) is 65.6 cm³/mol. The number of methoxy groups -OCH3 is 1. The Bertz CT molecular complexity index is 516. The maximum Gasteiger partial charge on any atom is 0.320 e. The first-order chi connectivity index (χ1) is 9.19. The number of hydrogen-bond donors (Lipinski definition) is 1. The first-order valence-electron chi connectivity index (χ1n) is 6.12. The van der Waals surface area contributed by atoms with E-state index in [-0.39, 0.29) is 6.79 Å². The highest BCUT2D eigenvalue weighted by molar-refractivity contribution is 5.74. The van der Waals surface area contributed by atoms with Gasteiger partial charge in [-0.25, -0.2) is 0 Å². The van der Waals surface area contributed by atoms with Crippen LogP contribution < -0.4 is 14.2 Å². The SMILES string of the molecule is COc1cc2c(cc1CN1CC[C@@H]1C(=O)O)OCO2. The molecule has 102 valence electrons. The minimum Gasteiger partial charge on any atom is -0.496 e. The molecule has 2 heterocycles. The van der Waals surface area contributed by atoms with E-state index >= 15 is 0 Å². The van der Waals surface area contributed by atoms with E-state index < -0.39 is 12.0 Å². The summed E-state index contributed by atoms with van der Waals surface area (Å²) >= 11 is 0. The quantitative estimate of drug-likeness (QED) is 0.878. The Kier molecular flexibility index (Phi) is 2.94. The lowest BCUT2D eigenvalue weighted by Gasteiger charge is -2.38. The van der Waals surface area contributed by atoms with Crippen LogP contribution in [-0.4, -0.2) is 42.5 Å². The molecule has 1 N–H and O–H groups in total. The van der Waals surface area contributed by atoms with Crippen LogP contribution in [-0.2, 0) is 11.3 Å². The number of likely N-dealkylation sites (tertiary alicyclic amines) is 1. The van der Waals surface area contributed by atoms with Crippen LogP contribution in [0.15, 0.2) is 12.1 Å². The molecule has 0 aromatic heterocycles. The molecule has 1 fully saturated rings. The standard InChI is InChI=1S/C13H15NO5/c1-17-10-5-12-11(18-7-19-12)4-8(10)6-14-3-2-9(14)13(15)16/h4-5,9H,2-3,6-7H2,1H3,(H,15,16)/t9-/m1/s1. The fourth-order valence-electron chi connectivity index (χ4n) is 2.41. The van der Waals surface area contributed by atoms with Crippen molar-refractivity contribution >= 4 is 5.97 Å². The lowest BCUT2D eigenvalue weighted by molar-refractivity contribution is -0.148. The van der Waals surface area contributed by atoms with E-state index in [1.54, 1.807) is 13.2 Å². The molecular weight excluding hydrogens is 250 g/mol. The van der Waals surface area contributed by atoms with Gasteiger partial charge < -0.3 is 19.3 Å². The average Bonchev–Trinajstić information content (AvgIpc) is 2.79. The molecule has 3 rings (SSSR count). The Morgan fingerprint density at radius 3 is 2.79 bits per heavy atom. The van der Waals surface area contributed by atoms with Crippen LogP contribution >= 0.6 is 0 Å². The average molecular weight is 265 g/mol. The number of carbonyl (C=O) groups is 1. The summed E-state index contributed by atoms with van der Waals surface area (Å²) in [5.74, 6) is 1.27. The summed E-state index contributed by atoms with van der Waals surface area (Å²) in [4.78, 5) is 12.9. The van der Waals surface area contributed by atoms with E-state index in [2.05, 4.69) is 0 Å². The second-order valence-corrected chi connectivity index (χ2v) is 4.63. The number of carboxylic acid groups (broad SMARTS) is 1. The zero-order valence-corrected chi connectivity index (χ0v) is 10.6. The third kappa shape index (κ3) is 2.08. The number of carboxylic acids is 1. The topological polar surface area (TPSA) is 68.2 Å². The Hall–Kier alpha value is -1.95. The van der Waals surface area contributed by atoms with Crippen LogP contribution in [0.1, 0.15) is 12.0 Å². The molecule has 0 aliphatic carbocycles. The summed E-state index contributed by atoms with van der Waals surface area (Å²) < 4.78 is 16.0. The highest BCUT2D eigenvalue weighted by atomic mass is 16.7. The van der Waals surface area contributed by atoms with Crippen molar-refractivity contribution in [3.63, 3.8) is 0 Å². The van der Waals surface area contributed by atoms with E-state index in [4.69, 9.17) is 19.3 Å². The second-order valence-electron chi connectivity index (χ2n) is 4.63. The number of benzene rings is 1. The summed E-state index contributed by atoms with van der Waals surface area (Å²) in [7, 11) is 1.59. The van der Waals surface area contributed by atoms with Crippen LogP contribution in [0.3, 0.4) is 0 Å². The summed E-state index contributed by atoms with van der Waals surface area (Å²) in [6.07, 6.45) is 0.697. The maximum atomic E-state index is 11.0. The van der Waals surface area contributed by atoms with Gasteiger partial charge in [-0.15, -0.1) is 0 Å². The normalized spacial score (nSPS) is 21.0. The number of rotatable bonds is 4. The lowest BCUT2D eigenvalue weighted by Crippen LogP contribution is -2.51. The van der Waals surface area contributed by atoms with Crippen LogP contribution in [0.4, 0.5) is 0 Å². The molecular formula is C13H15NO5. The van der Waals surface area contributed by atoms with Crippen molar-refractivity contribution in [3.05, 3.63) is 17.7 Å². The van der Waals surface area contributed by atoms with Crippen molar-refractivity contribution < 1.29 is 24.1 Å². The van der Waals surface area contributed by atoms with Gasteiger partial charge in [-0.2, -0.15) is 0 Å². The Labute approximate surface area is 110 Å². The van der Waals surface area contributed by atoms with E-state index in [1.807, 2.05) is 11.0 Å². The van der Waals surface area contributed by atoms with E-state index in [0.717, 1.165) is 12.1 Å². The van der Waals surface area contributed by atoms with Gasteiger partial charge >= 0.3 is 5.97 Å². The van der Waals surface area contributed by atoms with Gasteiger partial charge in [0.05, 0.1) is 7.11 Å². The number of fused-ring (bicyclic) bond motifs is 1. The predicted octanol–water partition coefficient (Wildman–Crippen LogP) is 1.08. The van der Waals surface area contributed by atoms with Crippen molar-refractivity contribution in [2.45, 2.75) is 19.0 Å². The molecule has 2 aliphatic heterocycles. The smallest absolute Gasteiger partial charge is 0.320 e. The maximum absolute atomic E-state index is 11.0. The molecule has 1 aromatic carbocycles. The highest BCUT2D eigenvalue weighted by Gasteiger charge is 2.34. The molecule has 0 saturated carbocycles. The Morgan fingerprint density at radius 2 is 2.21 bits per heavy atom. The van der Waals surface area contributed by atoms with Gasteiger partial charge in [0.15, 0.2) is 11.5 Å². The van der Waals surface area contributed by atoms with Gasteiger partial charge in [0.25, 0.3) is 0 Å². The molecule has 0 spiro atoms. The molecule has 19 heavy (non-hydrogen) atoms. The van der Waals surface area contributed by atoms with E-state index in [9.17, 15) is 4.79 Å². The zero-order valence-electron chi connectivity index (χ0n) is 10.6. The van der Waals surface area contributed by atoms with Gasteiger partial charge in [-0.05, 0) is 12.5 Å². The van der Waals surface area contributed by atoms with Crippen molar-refractivity contribution in [1.82, 2.24) is 4.90 Å². The third-order valence-corrected chi connectivity index (χ3v) is 3.56. The Morgan fingerprint density at radius 1 is 1.47 bits per heavy atom. The fourth-order valence-corrected chi connectivity index (χ4v) is 2.41. The number of aliphatic carboxylic acids is 1. The van der Waals surface area contributed by atoms with Gasteiger partial charge in [0.2, 0.25) is 6.79 Å². The lowest BCUT2D eigenvalue weighted by atomic mass is 10.0. The Balaban J connectivity index is 1.82.